The molecule has 3 N–H and O–H groups in total. The van der Waals surface area contributed by atoms with E-state index >= 15 is 0 Å². The molecule has 0 atom stereocenters. The molecule has 6 rings (SSSR count). The first-order chi connectivity index (χ1) is 19.7. The molecule has 0 aliphatic heterocycles. The molecule has 0 saturated carbocycles. The van der Waals surface area contributed by atoms with E-state index in [2.05, 4.69) is 110 Å². The monoisotopic (exact) mass is 522 g/mol. The highest BCUT2D eigenvalue weighted by Gasteiger charge is 2.15. The van der Waals surface area contributed by atoms with E-state index in [0.29, 0.717) is 5.65 Å². The van der Waals surface area contributed by atoms with Crippen LogP contribution in [0.3, 0.4) is 0 Å². The largest absolute Gasteiger partial charge is 0.353 e. The van der Waals surface area contributed by atoms with Crippen LogP contribution in [0, 0.1) is 0 Å². The summed E-state index contributed by atoms with van der Waals surface area (Å²) in [4.78, 5) is 12.5. The second kappa shape index (κ2) is 11.4. The molecule has 0 radical (unpaired) electrons. The van der Waals surface area contributed by atoms with Gasteiger partial charge in [-0.2, -0.15) is 5.10 Å². The van der Waals surface area contributed by atoms with E-state index in [0.717, 1.165) is 68.6 Å². The Balaban J connectivity index is 1.31. The lowest BCUT2D eigenvalue weighted by Gasteiger charge is -2.08. The lowest BCUT2D eigenvalue weighted by atomic mass is 10.0. The van der Waals surface area contributed by atoms with Gasteiger partial charge >= 0.3 is 0 Å². The Bertz CT molecular complexity index is 1840. The Kier molecular flexibility index (Phi) is 7.16. The van der Waals surface area contributed by atoms with Crippen molar-refractivity contribution < 1.29 is 0 Å². The normalized spacial score (nSPS) is 12.3. The van der Waals surface area contributed by atoms with Crippen molar-refractivity contribution >= 4 is 27.5 Å². The summed E-state index contributed by atoms with van der Waals surface area (Å²) >= 11 is 0. The van der Waals surface area contributed by atoms with Crippen LogP contribution < -0.4 is 5.32 Å². The number of rotatable bonds is 9. The second-order valence-corrected chi connectivity index (χ2v) is 9.64. The molecule has 0 aliphatic carbocycles. The molecule has 6 nitrogen and oxygen atoms in total. The van der Waals surface area contributed by atoms with Gasteiger partial charge in [-0.25, -0.2) is 4.98 Å². The Hall–Kier alpha value is -5.07. The van der Waals surface area contributed by atoms with Gasteiger partial charge in [0, 0.05) is 59.1 Å². The molecule has 2 aromatic carbocycles. The van der Waals surface area contributed by atoms with E-state index < -0.39 is 0 Å². The van der Waals surface area contributed by atoms with Gasteiger partial charge in [0.05, 0.1) is 11.4 Å². The van der Waals surface area contributed by atoms with Crippen molar-refractivity contribution in [1.82, 2.24) is 30.5 Å². The highest BCUT2D eigenvalue weighted by atomic mass is 15.2. The minimum atomic E-state index is 0.679. The summed E-state index contributed by atoms with van der Waals surface area (Å²) in [6.07, 6.45) is 11.7. The molecule has 0 bridgehead atoms. The van der Waals surface area contributed by atoms with E-state index in [1.807, 2.05) is 37.5 Å². The van der Waals surface area contributed by atoms with Crippen LogP contribution in [-0.2, 0) is 6.54 Å². The van der Waals surface area contributed by atoms with E-state index in [9.17, 15) is 0 Å². The maximum atomic E-state index is 4.67. The number of aromatic nitrogens is 5. The van der Waals surface area contributed by atoms with Crippen LogP contribution in [0.5, 0.6) is 0 Å². The lowest BCUT2D eigenvalue weighted by Crippen LogP contribution is -2.15. The molecule has 0 amide bonds. The number of pyridine rings is 2. The van der Waals surface area contributed by atoms with Crippen molar-refractivity contribution in [2.75, 3.05) is 6.54 Å². The van der Waals surface area contributed by atoms with Gasteiger partial charge in [0.2, 0.25) is 0 Å². The fourth-order valence-electron chi connectivity index (χ4n) is 4.99. The van der Waals surface area contributed by atoms with Crippen LogP contribution >= 0.6 is 0 Å². The third kappa shape index (κ3) is 5.13. The van der Waals surface area contributed by atoms with E-state index in [4.69, 9.17) is 0 Å². The Morgan fingerprint density at radius 2 is 1.88 bits per heavy atom. The number of nitrogens with zero attached hydrogens (tertiary/aromatic N) is 3. The number of benzene rings is 2. The molecule has 0 fully saturated rings. The number of allylic oxidation sites excluding steroid dienone is 3. The van der Waals surface area contributed by atoms with Gasteiger partial charge in [-0.1, -0.05) is 73.3 Å². The molecular weight excluding hydrogens is 492 g/mol. The molecule has 196 valence electrons. The minimum absolute atomic E-state index is 0.679. The Labute approximate surface area is 233 Å². The smallest absolute Gasteiger partial charge is 0.181 e. The molecule has 6 aromatic rings. The Morgan fingerprint density at radius 3 is 2.67 bits per heavy atom. The number of hydrogen-bond acceptors (Lipinski definition) is 4. The summed E-state index contributed by atoms with van der Waals surface area (Å²) in [5.74, 6) is 0. The van der Waals surface area contributed by atoms with Gasteiger partial charge in [-0.3, -0.25) is 10.1 Å². The maximum absolute atomic E-state index is 4.67. The highest BCUT2D eigenvalue weighted by Crippen LogP contribution is 2.34. The number of nitrogens with one attached hydrogen (secondary N) is 3. The summed E-state index contributed by atoms with van der Waals surface area (Å²) in [6, 6.07) is 25.0. The summed E-state index contributed by atoms with van der Waals surface area (Å²) in [7, 11) is 0. The fourth-order valence-corrected chi connectivity index (χ4v) is 4.99. The molecule has 0 saturated heterocycles. The standard InChI is InChI=1S/C34H30N6/c1-3-23(19-36-20-24-10-6-5-7-11-24)16-25(4-2)27-17-30-33(39-40-34(30)37-22-27)32-18-29-28(13-8-14-31(29)38-32)26-12-9-15-35-21-26/h3-18,21-22,36,38H,1,19-20H2,2H3,(H,37,39,40)/b23-16+,25-4+. The van der Waals surface area contributed by atoms with Crippen molar-refractivity contribution in [2.24, 2.45) is 0 Å². The van der Waals surface area contributed by atoms with Crippen molar-refractivity contribution in [3.8, 4) is 22.5 Å². The van der Waals surface area contributed by atoms with Crippen LogP contribution in [0.1, 0.15) is 18.1 Å². The topological polar surface area (TPSA) is 82.3 Å². The quantitative estimate of drug-likeness (QED) is 0.172. The summed E-state index contributed by atoms with van der Waals surface area (Å²) in [6.45, 7) is 7.60. The van der Waals surface area contributed by atoms with Crippen LogP contribution in [-0.4, -0.2) is 31.7 Å². The summed E-state index contributed by atoms with van der Waals surface area (Å²) in [5.41, 5.74) is 10.3. The van der Waals surface area contributed by atoms with Crippen LogP contribution in [0.25, 0.3) is 50.0 Å². The zero-order valence-corrected chi connectivity index (χ0v) is 22.4. The third-order valence-electron chi connectivity index (χ3n) is 7.06. The first-order valence-electron chi connectivity index (χ1n) is 13.3. The molecular formula is C34H30N6. The van der Waals surface area contributed by atoms with Crippen LogP contribution in [0.4, 0.5) is 0 Å². The van der Waals surface area contributed by atoms with Gasteiger partial charge in [-0.05, 0) is 53.5 Å². The summed E-state index contributed by atoms with van der Waals surface area (Å²) in [5, 5.41) is 13.3. The average molecular weight is 523 g/mol. The highest BCUT2D eigenvalue weighted by molar-refractivity contribution is 6.01. The number of H-pyrrole nitrogens is 2. The van der Waals surface area contributed by atoms with Crippen LogP contribution in [0.15, 0.2) is 122 Å². The molecule has 4 aromatic heterocycles. The average Bonchev–Trinajstić information content (AvgIpc) is 3.63. The van der Waals surface area contributed by atoms with E-state index in [1.165, 1.54) is 5.56 Å². The SMILES string of the molecule is C=C/C(=C\C(=C/C)c1cnc2n[nH]c(-c3cc4c(-c5cccnc5)cccc4[nH]3)c2c1)CNCc1ccccc1. The molecule has 0 spiro atoms. The molecule has 40 heavy (non-hydrogen) atoms. The van der Waals surface area contributed by atoms with Crippen molar-refractivity contribution in [2.45, 2.75) is 13.5 Å². The minimum Gasteiger partial charge on any atom is -0.353 e. The predicted molar refractivity (Wildman–Crippen MR) is 164 cm³/mol. The molecule has 4 heterocycles. The molecule has 6 heteroatoms. The van der Waals surface area contributed by atoms with E-state index in [-0.39, 0.29) is 0 Å². The first kappa shape index (κ1) is 25.2. The van der Waals surface area contributed by atoms with Gasteiger partial charge in [-0.15, -0.1) is 0 Å². The number of aromatic amines is 2. The third-order valence-corrected chi connectivity index (χ3v) is 7.06. The molecule has 0 unspecified atom stereocenters. The van der Waals surface area contributed by atoms with Gasteiger partial charge in [0.15, 0.2) is 5.65 Å². The van der Waals surface area contributed by atoms with E-state index in [1.54, 1.807) is 6.20 Å². The predicted octanol–water partition coefficient (Wildman–Crippen LogP) is 7.47. The van der Waals surface area contributed by atoms with Crippen molar-refractivity contribution in [3.63, 3.8) is 0 Å². The second-order valence-electron chi connectivity index (χ2n) is 9.64. The fraction of sp³-hybridized carbons (Fsp3) is 0.0882. The van der Waals surface area contributed by atoms with Gasteiger partial charge < -0.3 is 10.3 Å². The summed E-state index contributed by atoms with van der Waals surface area (Å²) < 4.78 is 0. The molecule has 0 aliphatic rings. The number of hydrogen-bond donors (Lipinski definition) is 3. The van der Waals surface area contributed by atoms with Gasteiger partial charge in [0.25, 0.3) is 0 Å². The number of fused-ring (bicyclic) bond motifs is 2. The van der Waals surface area contributed by atoms with Gasteiger partial charge in [0.1, 0.15) is 0 Å². The zero-order chi connectivity index (χ0) is 27.3. The zero-order valence-electron chi connectivity index (χ0n) is 22.4. The maximum Gasteiger partial charge on any atom is 0.181 e. The van der Waals surface area contributed by atoms with Crippen LogP contribution in [0.2, 0.25) is 0 Å². The lowest BCUT2D eigenvalue weighted by molar-refractivity contribution is 0.747. The Morgan fingerprint density at radius 1 is 0.975 bits per heavy atom. The van der Waals surface area contributed by atoms with Crippen molar-refractivity contribution in [1.29, 1.82) is 0 Å². The van der Waals surface area contributed by atoms with Crippen molar-refractivity contribution in [3.05, 3.63) is 133 Å². The first-order valence-corrected chi connectivity index (χ1v) is 13.3.